The average Bonchev–Trinajstić information content (AvgIpc) is 2.77. The van der Waals surface area contributed by atoms with E-state index in [2.05, 4.69) is 9.71 Å². The highest BCUT2D eigenvalue weighted by molar-refractivity contribution is 7.91. The highest BCUT2D eigenvalue weighted by Crippen LogP contribution is 2.16. The number of carboxylic acids is 1. The molecule has 0 spiro atoms. The van der Waals surface area contributed by atoms with Crippen molar-refractivity contribution in [1.29, 1.82) is 0 Å². The van der Waals surface area contributed by atoms with Crippen molar-refractivity contribution >= 4 is 27.3 Å². The second kappa shape index (κ2) is 5.80. The second-order valence-corrected chi connectivity index (χ2v) is 7.20. The smallest absolute Gasteiger partial charge is 0.335 e. The van der Waals surface area contributed by atoms with Crippen molar-refractivity contribution in [3.63, 3.8) is 0 Å². The Balaban J connectivity index is 2.19. The molecular formula is C12H12N2O5S2. The standard InChI is InChI=1S/C12H12N2O5S2/c1-7-11(20-12(17)14-7)21(18,19)13-6-8-3-2-4-9(5-8)10(15)16/h2-5,13H,6H2,1H3,(H,14,17)(H,15,16). The molecule has 0 atom stereocenters. The zero-order chi connectivity index (χ0) is 15.6. The van der Waals surface area contributed by atoms with Gasteiger partial charge in [-0.3, -0.25) is 4.79 Å². The number of aromatic amines is 1. The lowest BCUT2D eigenvalue weighted by molar-refractivity contribution is 0.0696. The molecule has 0 unspecified atom stereocenters. The Labute approximate surface area is 124 Å². The van der Waals surface area contributed by atoms with Crippen LogP contribution in [0.15, 0.2) is 33.3 Å². The summed E-state index contributed by atoms with van der Waals surface area (Å²) in [7, 11) is -3.81. The summed E-state index contributed by atoms with van der Waals surface area (Å²) < 4.78 is 26.4. The predicted molar refractivity (Wildman–Crippen MR) is 77.1 cm³/mol. The number of carbonyl (C=O) groups is 1. The minimum absolute atomic E-state index is 0.0605. The van der Waals surface area contributed by atoms with Gasteiger partial charge in [0, 0.05) is 12.2 Å². The molecule has 0 fully saturated rings. The summed E-state index contributed by atoms with van der Waals surface area (Å²) in [6.07, 6.45) is 0. The van der Waals surface area contributed by atoms with E-state index >= 15 is 0 Å². The molecule has 0 saturated heterocycles. The van der Waals surface area contributed by atoms with Gasteiger partial charge in [0.2, 0.25) is 0 Å². The summed E-state index contributed by atoms with van der Waals surface area (Å²) in [5.41, 5.74) is 0.866. The minimum atomic E-state index is -3.81. The molecule has 21 heavy (non-hydrogen) atoms. The number of sulfonamides is 1. The fourth-order valence-electron chi connectivity index (χ4n) is 1.70. The van der Waals surface area contributed by atoms with Gasteiger partial charge in [0.1, 0.15) is 0 Å². The zero-order valence-corrected chi connectivity index (χ0v) is 12.5. The van der Waals surface area contributed by atoms with Gasteiger partial charge in [0.15, 0.2) is 4.21 Å². The van der Waals surface area contributed by atoms with Crippen LogP contribution in [0.25, 0.3) is 0 Å². The van der Waals surface area contributed by atoms with Crippen molar-refractivity contribution in [3.05, 3.63) is 50.8 Å². The molecule has 2 aromatic rings. The molecule has 0 saturated carbocycles. The third-order valence-corrected chi connectivity index (χ3v) is 5.67. The first-order chi connectivity index (χ1) is 9.79. The van der Waals surface area contributed by atoms with Crippen LogP contribution >= 0.6 is 11.3 Å². The lowest BCUT2D eigenvalue weighted by Crippen LogP contribution is -2.23. The molecular weight excluding hydrogens is 316 g/mol. The Kier molecular flexibility index (Phi) is 4.26. The minimum Gasteiger partial charge on any atom is -0.478 e. The molecule has 0 aliphatic rings. The van der Waals surface area contributed by atoms with Gasteiger partial charge in [-0.15, -0.1) is 0 Å². The Morgan fingerprint density at radius 2 is 2.14 bits per heavy atom. The van der Waals surface area contributed by atoms with E-state index in [0.29, 0.717) is 16.9 Å². The topological polar surface area (TPSA) is 116 Å². The number of aromatic nitrogens is 1. The molecule has 1 heterocycles. The van der Waals surface area contributed by atoms with Crippen LogP contribution in [0.5, 0.6) is 0 Å². The first kappa shape index (κ1) is 15.4. The summed E-state index contributed by atoms with van der Waals surface area (Å²) in [6, 6.07) is 5.95. The molecule has 1 aromatic carbocycles. The van der Waals surface area contributed by atoms with Gasteiger partial charge in [-0.2, -0.15) is 0 Å². The van der Waals surface area contributed by atoms with Crippen LogP contribution in [0.1, 0.15) is 21.6 Å². The normalized spacial score (nSPS) is 11.5. The SMILES string of the molecule is Cc1[nH]c(=O)sc1S(=O)(=O)NCc1cccc(C(=O)O)c1. The van der Waals surface area contributed by atoms with E-state index in [9.17, 15) is 18.0 Å². The Morgan fingerprint density at radius 1 is 1.43 bits per heavy atom. The maximum atomic E-state index is 12.1. The molecule has 0 amide bonds. The molecule has 112 valence electrons. The fourth-order valence-corrected chi connectivity index (χ4v) is 4.07. The van der Waals surface area contributed by atoms with Crippen molar-refractivity contribution in [3.8, 4) is 0 Å². The molecule has 2 rings (SSSR count). The Hall–Kier alpha value is -1.97. The van der Waals surface area contributed by atoms with Crippen LogP contribution < -0.4 is 9.60 Å². The quantitative estimate of drug-likeness (QED) is 0.754. The van der Waals surface area contributed by atoms with E-state index < -0.39 is 20.9 Å². The largest absolute Gasteiger partial charge is 0.478 e. The summed E-state index contributed by atoms with van der Waals surface area (Å²) >= 11 is 0.609. The van der Waals surface area contributed by atoms with Crippen molar-refractivity contribution in [2.75, 3.05) is 0 Å². The Bertz CT molecular complexity index is 835. The van der Waals surface area contributed by atoms with Gasteiger partial charge in [0.05, 0.1) is 5.56 Å². The molecule has 0 aliphatic heterocycles. The highest BCUT2D eigenvalue weighted by Gasteiger charge is 2.20. The molecule has 9 heteroatoms. The number of aryl methyl sites for hydroxylation is 1. The van der Waals surface area contributed by atoms with Crippen LogP contribution in [0.3, 0.4) is 0 Å². The van der Waals surface area contributed by atoms with Gasteiger partial charge < -0.3 is 10.1 Å². The number of benzene rings is 1. The van der Waals surface area contributed by atoms with Crippen LogP contribution in [0, 0.1) is 6.92 Å². The maximum Gasteiger partial charge on any atom is 0.335 e. The average molecular weight is 328 g/mol. The number of thiazole rings is 1. The van der Waals surface area contributed by atoms with Crippen LogP contribution in [0.4, 0.5) is 0 Å². The van der Waals surface area contributed by atoms with Crippen LogP contribution in [-0.4, -0.2) is 24.5 Å². The van der Waals surface area contributed by atoms with Gasteiger partial charge in [-0.1, -0.05) is 23.5 Å². The summed E-state index contributed by atoms with van der Waals surface area (Å²) in [5.74, 6) is -1.08. The summed E-state index contributed by atoms with van der Waals surface area (Å²) in [6.45, 7) is 1.44. The van der Waals surface area contributed by atoms with Crippen LogP contribution in [0.2, 0.25) is 0 Å². The molecule has 1 aromatic heterocycles. The molecule has 7 nitrogen and oxygen atoms in total. The summed E-state index contributed by atoms with van der Waals surface area (Å²) in [5, 5.41) is 8.88. The van der Waals surface area contributed by atoms with Crippen LogP contribution in [-0.2, 0) is 16.6 Å². The number of rotatable bonds is 5. The van der Waals surface area contributed by atoms with E-state index in [4.69, 9.17) is 5.11 Å². The van der Waals surface area contributed by atoms with E-state index in [0.717, 1.165) is 0 Å². The monoisotopic (exact) mass is 328 g/mol. The second-order valence-electron chi connectivity index (χ2n) is 4.26. The predicted octanol–water partition coefficient (Wildman–Crippen LogP) is 0.922. The number of aromatic carboxylic acids is 1. The first-order valence-corrected chi connectivity index (χ1v) is 8.11. The van der Waals surface area contributed by atoms with Gasteiger partial charge in [-0.25, -0.2) is 17.9 Å². The number of H-pyrrole nitrogens is 1. The van der Waals surface area contributed by atoms with E-state index in [1.54, 1.807) is 6.07 Å². The van der Waals surface area contributed by atoms with Crippen molar-refractivity contribution in [2.24, 2.45) is 0 Å². The molecule has 0 bridgehead atoms. The number of hydrogen-bond donors (Lipinski definition) is 3. The van der Waals surface area contributed by atoms with Gasteiger partial charge in [0.25, 0.3) is 10.0 Å². The first-order valence-electron chi connectivity index (χ1n) is 5.81. The van der Waals surface area contributed by atoms with Crippen molar-refractivity contribution < 1.29 is 18.3 Å². The number of carboxylic acid groups (broad SMARTS) is 1. The summed E-state index contributed by atoms with van der Waals surface area (Å²) in [4.78, 5) is 24.0. The van der Waals surface area contributed by atoms with E-state index in [1.165, 1.54) is 25.1 Å². The number of hydrogen-bond acceptors (Lipinski definition) is 5. The fraction of sp³-hybridized carbons (Fsp3) is 0.167. The van der Waals surface area contributed by atoms with Crippen molar-refractivity contribution in [2.45, 2.75) is 17.7 Å². The lowest BCUT2D eigenvalue weighted by Gasteiger charge is -2.06. The van der Waals surface area contributed by atoms with Gasteiger partial charge >= 0.3 is 10.8 Å². The molecule has 0 radical (unpaired) electrons. The van der Waals surface area contributed by atoms with Crippen molar-refractivity contribution in [1.82, 2.24) is 9.71 Å². The third-order valence-electron chi connectivity index (χ3n) is 2.67. The maximum absolute atomic E-state index is 12.1. The number of nitrogens with one attached hydrogen (secondary N) is 2. The molecule has 3 N–H and O–H groups in total. The molecule has 0 aliphatic carbocycles. The highest BCUT2D eigenvalue weighted by atomic mass is 32.2. The lowest BCUT2D eigenvalue weighted by atomic mass is 10.1. The third kappa shape index (κ3) is 3.57. The van der Waals surface area contributed by atoms with E-state index in [1.807, 2.05) is 0 Å². The zero-order valence-electron chi connectivity index (χ0n) is 10.9. The van der Waals surface area contributed by atoms with E-state index in [-0.39, 0.29) is 22.0 Å². The Morgan fingerprint density at radius 3 is 2.71 bits per heavy atom. The van der Waals surface area contributed by atoms with Gasteiger partial charge in [-0.05, 0) is 24.6 Å².